The molecule has 0 amide bonds. The van der Waals surface area contributed by atoms with Crippen LogP contribution < -0.4 is 0 Å². The summed E-state index contributed by atoms with van der Waals surface area (Å²) < 4.78 is 0. The molecule has 2 aromatic rings. The number of nitrogens with zero attached hydrogens (tertiary/aromatic N) is 1. The van der Waals surface area contributed by atoms with E-state index >= 15 is 0 Å². The molecule has 108 valence electrons. The van der Waals surface area contributed by atoms with Gasteiger partial charge in [0, 0.05) is 23.0 Å². The zero-order chi connectivity index (χ0) is 15.0. The molecule has 2 heteroatoms. The van der Waals surface area contributed by atoms with Crippen molar-refractivity contribution in [1.29, 1.82) is 5.26 Å². The fraction of sp³-hybridized carbons (Fsp3) is 0.421. The van der Waals surface area contributed by atoms with Gasteiger partial charge in [-0.1, -0.05) is 25.5 Å². The Balaban J connectivity index is 2.05. The molecule has 0 fully saturated rings. The quantitative estimate of drug-likeness (QED) is 0.759. The van der Waals surface area contributed by atoms with Crippen LogP contribution in [0.25, 0.3) is 10.9 Å². The molecular weight excluding hydrogens is 256 g/mol. The van der Waals surface area contributed by atoms with E-state index in [0.717, 1.165) is 22.9 Å². The molecule has 1 aliphatic rings. The van der Waals surface area contributed by atoms with Crippen molar-refractivity contribution >= 4 is 10.9 Å². The van der Waals surface area contributed by atoms with E-state index in [1.54, 1.807) is 0 Å². The molecule has 3 rings (SSSR count). The van der Waals surface area contributed by atoms with E-state index in [0.29, 0.717) is 5.92 Å². The lowest BCUT2D eigenvalue weighted by molar-refractivity contribution is 0.333. The Morgan fingerprint density at radius 1 is 1.33 bits per heavy atom. The Labute approximate surface area is 126 Å². The van der Waals surface area contributed by atoms with Crippen LogP contribution in [0.1, 0.15) is 50.7 Å². The van der Waals surface area contributed by atoms with Gasteiger partial charge in [0.2, 0.25) is 0 Å². The van der Waals surface area contributed by atoms with Crippen LogP contribution in [0.2, 0.25) is 0 Å². The normalized spacial score (nSPS) is 22.3. The number of nitriles is 1. The van der Waals surface area contributed by atoms with Crippen molar-refractivity contribution in [3.05, 3.63) is 47.2 Å². The van der Waals surface area contributed by atoms with Gasteiger partial charge in [0.25, 0.3) is 0 Å². The summed E-state index contributed by atoms with van der Waals surface area (Å²) in [5.74, 6) is 1.95. The molecule has 21 heavy (non-hydrogen) atoms. The number of aromatic nitrogens is 1. The number of rotatable bonds is 2. The Bertz CT molecular complexity index is 728. The first-order valence-electron chi connectivity index (χ1n) is 7.78. The highest BCUT2D eigenvalue weighted by atomic mass is 14.7. The van der Waals surface area contributed by atoms with Crippen LogP contribution in [0.5, 0.6) is 0 Å². The minimum absolute atomic E-state index is 0.480. The number of aromatic amines is 1. The number of allylic oxidation sites excluding steroid dienone is 2. The third-order valence-corrected chi connectivity index (χ3v) is 4.99. The van der Waals surface area contributed by atoms with E-state index in [2.05, 4.69) is 44.1 Å². The number of nitrogens with one attached hydrogen (secondary N) is 1. The maximum atomic E-state index is 9.13. The Hall–Kier alpha value is -2.01. The van der Waals surface area contributed by atoms with Crippen LogP contribution in [0.15, 0.2) is 36.0 Å². The minimum atomic E-state index is 0.480. The molecule has 0 saturated carbocycles. The highest BCUT2D eigenvalue weighted by Gasteiger charge is 2.27. The molecule has 0 bridgehead atoms. The van der Waals surface area contributed by atoms with Crippen molar-refractivity contribution in [2.75, 3.05) is 0 Å². The van der Waals surface area contributed by atoms with Gasteiger partial charge in [0.1, 0.15) is 0 Å². The lowest BCUT2D eigenvalue weighted by atomic mass is 9.74. The maximum Gasteiger partial charge on any atom is 0.0991 e. The van der Waals surface area contributed by atoms with E-state index in [-0.39, 0.29) is 0 Å². The van der Waals surface area contributed by atoms with E-state index in [1.807, 2.05) is 18.2 Å². The van der Waals surface area contributed by atoms with Crippen molar-refractivity contribution < 1.29 is 0 Å². The molecule has 0 spiro atoms. The fourth-order valence-corrected chi connectivity index (χ4v) is 3.48. The van der Waals surface area contributed by atoms with Crippen molar-refractivity contribution in [3.63, 3.8) is 0 Å². The third kappa shape index (κ3) is 2.49. The fourth-order valence-electron chi connectivity index (χ4n) is 3.48. The Morgan fingerprint density at radius 2 is 2.14 bits per heavy atom. The number of hydrogen-bond donors (Lipinski definition) is 1. The summed E-state index contributed by atoms with van der Waals surface area (Å²) in [7, 11) is 0. The molecule has 0 radical (unpaired) electrons. The third-order valence-electron chi connectivity index (χ3n) is 4.99. The summed E-state index contributed by atoms with van der Waals surface area (Å²) in [5.41, 5.74) is 4.68. The molecule has 0 aliphatic heterocycles. The summed E-state index contributed by atoms with van der Waals surface area (Å²) in [6, 6.07) is 8.16. The van der Waals surface area contributed by atoms with Crippen molar-refractivity contribution in [2.24, 2.45) is 11.8 Å². The van der Waals surface area contributed by atoms with E-state index < -0.39 is 0 Å². The molecule has 0 saturated heterocycles. The molecule has 2 atom stereocenters. The molecule has 1 N–H and O–H groups in total. The number of H-pyrrole nitrogens is 1. The summed E-state index contributed by atoms with van der Waals surface area (Å²) in [6.45, 7) is 6.88. The van der Waals surface area contributed by atoms with Crippen LogP contribution in [0.4, 0.5) is 0 Å². The highest BCUT2D eigenvalue weighted by molar-refractivity contribution is 5.85. The molecular formula is C19H22N2. The largest absolute Gasteiger partial charge is 0.361 e. The summed E-state index contributed by atoms with van der Waals surface area (Å²) in [5, 5.41) is 10.3. The Morgan fingerprint density at radius 3 is 2.86 bits per heavy atom. The topological polar surface area (TPSA) is 39.6 Å². The first-order valence-corrected chi connectivity index (χ1v) is 7.78. The van der Waals surface area contributed by atoms with Gasteiger partial charge in [-0.05, 0) is 55.4 Å². The second-order valence-electron chi connectivity index (χ2n) is 6.59. The van der Waals surface area contributed by atoms with Gasteiger partial charge < -0.3 is 4.98 Å². The van der Waals surface area contributed by atoms with Crippen LogP contribution in [-0.4, -0.2) is 4.98 Å². The SMILES string of the molecule is CC1=CC[C@@H](C(C)C)C[C@@H]1c1c[nH]c2ccc(C#N)cc12. The van der Waals surface area contributed by atoms with Crippen LogP contribution in [-0.2, 0) is 0 Å². The monoisotopic (exact) mass is 278 g/mol. The highest BCUT2D eigenvalue weighted by Crippen LogP contribution is 2.41. The van der Waals surface area contributed by atoms with Gasteiger partial charge in [-0.3, -0.25) is 0 Å². The van der Waals surface area contributed by atoms with Crippen molar-refractivity contribution in [2.45, 2.75) is 39.5 Å². The van der Waals surface area contributed by atoms with E-state index in [4.69, 9.17) is 5.26 Å². The predicted molar refractivity (Wildman–Crippen MR) is 87.1 cm³/mol. The predicted octanol–water partition coefficient (Wildman–Crippen LogP) is 5.14. The lowest BCUT2D eigenvalue weighted by Gasteiger charge is -2.31. The number of hydrogen-bond acceptors (Lipinski definition) is 1. The smallest absolute Gasteiger partial charge is 0.0991 e. The van der Waals surface area contributed by atoms with Crippen molar-refractivity contribution in [1.82, 2.24) is 4.98 Å². The number of fused-ring (bicyclic) bond motifs is 1. The maximum absolute atomic E-state index is 9.13. The van der Waals surface area contributed by atoms with Gasteiger partial charge >= 0.3 is 0 Å². The average Bonchev–Trinajstić information content (AvgIpc) is 2.90. The summed E-state index contributed by atoms with van der Waals surface area (Å²) in [4.78, 5) is 3.36. The van der Waals surface area contributed by atoms with Crippen LogP contribution in [0.3, 0.4) is 0 Å². The lowest BCUT2D eigenvalue weighted by Crippen LogP contribution is -2.17. The summed E-state index contributed by atoms with van der Waals surface area (Å²) in [6.07, 6.45) is 6.96. The number of benzene rings is 1. The minimum Gasteiger partial charge on any atom is -0.361 e. The van der Waals surface area contributed by atoms with Gasteiger partial charge in [-0.2, -0.15) is 5.26 Å². The van der Waals surface area contributed by atoms with E-state index in [1.165, 1.54) is 29.4 Å². The second-order valence-corrected chi connectivity index (χ2v) is 6.59. The van der Waals surface area contributed by atoms with E-state index in [9.17, 15) is 0 Å². The zero-order valence-electron chi connectivity index (χ0n) is 13.0. The standard InChI is InChI=1S/C19H22N2/c1-12(2)15-6-4-13(3)16(9-15)18-11-21-19-7-5-14(10-20)8-17(18)19/h4-5,7-8,11-12,15-16,21H,6,9H2,1-3H3/t15-,16+/m1/s1. The van der Waals surface area contributed by atoms with Crippen LogP contribution in [0, 0.1) is 23.2 Å². The summed E-state index contributed by atoms with van der Waals surface area (Å²) >= 11 is 0. The van der Waals surface area contributed by atoms with Crippen molar-refractivity contribution in [3.8, 4) is 6.07 Å². The molecule has 1 aromatic carbocycles. The van der Waals surface area contributed by atoms with Gasteiger partial charge in [-0.25, -0.2) is 0 Å². The van der Waals surface area contributed by atoms with Crippen LogP contribution >= 0.6 is 0 Å². The first kappa shape index (κ1) is 13.9. The zero-order valence-corrected chi connectivity index (χ0v) is 13.0. The molecule has 2 nitrogen and oxygen atoms in total. The molecule has 1 aromatic heterocycles. The second kappa shape index (κ2) is 5.41. The molecule has 1 heterocycles. The first-order chi connectivity index (χ1) is 10.1. The van der Waals surface area contributed by atoms with Gasteiger partial charge in [-0.15, -0.1) is 0 Å². The van der Waals surface area contributed by atoms with Gasteiger partial charge in [0.05, 0.1) is 11.6 Å². The molecule has 0 unspecified atom stereocenters. The Kier molecular flexibility index (Phi) is 3.59. The average molecular weight is 278 g/mol. The van der Waals surface area contributed by atoms with Gasteiger partial charge in [0.15, 0.2) is 0 Å². The molecule has 1 aliphatic carbocycles.